The van der Waals surface area contributed by atoms with Gasteiger partial charge < -0.3 is 16.8 Å². The molecule has 41 heavy (non-hydrogen) atoms. The molecule has 0 radical (unpaired) electrons. The lowest BCUT2D eigenvalue weighted by Crippen LogP contribution is -2.31. The van der Waals surface area contributed by atoms with Crippen molar-refractivity contribution in [1.29, 1.82) is 0 Å². The number of nitrogen functional groups attached to an aromatic ring is 1. The molecule has 6 N–H and O–H groups in total. The van der Waals surface area contributed by atoms with Crippen LogP contribution in [0.4, 0.5) is 11.5 Å². The second-order valence-electron chi connectivity index (χ2n) is 10.9. The number of aromatic amines is 1. The Morgan fingerprint density at radius 2 is 1.80 bits per heavy atom. The van der Waals surface area contributed by atoms with E-state index in [-0.39, 0.29) is 24.0 Å². The molecule has 212 valence electrons. The third kappa shape index (κ3) is 7.01. The fraction of sp³-hybridized carbons (Fsp3) is 0.355. The van der Waals surface area contributed by atoms with Gasteiger partial charge in [-0.05, 0) is 104 Å². The number of nitrogens with two attached hydrogens (primary N) is 2. The Labute approximate surface area is 239 Å². The number of benzene rings is 2. The molecule has 2 aromatic carbocycles. The fourth-order valence-corrected chi connectivity index (χ4v) is 5.65. The van der Waals surface area contributed by atoms with Crippen LogP contribution in [0.15, 0.2) is 60.7 Å². The van der Waals surface area contributed by atoms with Crippen molar-refractivity contribution in [3.63, 3.8) is 0 Å². The number of aryl methyl sites for hydroxylation is 1. The molecule has 1 saturated carbocycles. The van der Waals surface area contributed by atoms with E-state index in [0.717, 1.165) is 53.6 Å². The van der Waals surface area contributed by atoms with Crippen molar-refractivity contribution in [1.82, 2.24) is 25.6 Å². The number of amides is 1. The number of carbonyl (C=O) groups is 2. The van der Waals surface area contributed by atoms with Gasteiger partial charge in [0.15, 0.2) is 0 Å². The number of pyridine rings is 1. The van der Waals surface area contributed by atoms with E-state index in [9.17, 15) is 9.59 Å². The molecule has 2 heterocycles. The van der Waals surface area contributed by atoms with E-state index in [0.29, 0.717) is 36.2 Å². The molecule has 0 unspecified atom stereocenters. The van der Waals surface area contributed by atoms with Crippen LogP contribution in [0.5, 0.6) is 0 Å². The molecule has 5 rings (SSSR count). The van der Waals surface area contributed by atoms with Crippen molar-refractivity contribution in [3.8, 4) is 22.5 Å². The number of tetrazole rings is 1. The number of carbonyl (C=O) groups excluding carboxylic acids is 2. The summed E-state index contributed by atoms with van der Waals surface area (Å²) < 4.78 is 0. The summed E-state index contributed by atoms with van der Waals surface area (Å²) in [6.07, 6.45) is 4.24. The maximum Gasteiger partial charge on any atom is 0.228 e. The van der Waals surface area contributed by atoms with Gasteiger partial charge in [0.2, 0.25) is 11.7 Å². The lowest BCUT2D eigenvalue weighted by atomic mass is 9.77. The molecule has 1 aliphatic carbocycles. The van der Waals surface area contributed by atoms with Gasteiger partial charge >= 0.3 is 0 Å². The van der Waals surface area contributed by atoms with Crippen LogP contribution >= 0.6 is 0 Å². The molecule has 1 aliphatic rings. The molecular formula is C31H36N8O2. The first kappa shape index (κ1) is 28.1. The van der Waals surface area contributed by atoms with Crippen LogP contribution in [-0.4, -0.2) is 43.8 Å². The summed E-state index contributed by atoms with van der Waals surface area (Å²) in [6.45, 7) is 2.59. The van der Waals surface area contributed by atoms with Crippen LogP contribution in [0, 0.1) is 24.7 Å². The molecule has 10 heteroatoms. The Bertz CT molecular complexity index is 1480. The van der Waals surface area contributed by atoms with Gasteiger partial charge in [-0.25, -0.2) is 4.98 Å². The number of Topliss-reactive ketones (excluding diaryl/α,β-unsaturated/α-hetero) is 1. The van der Waals surface area contributed by atoms with Gasteiger partial charge in [0.25, 0.3) is 0 Å². The van der Waals surface area contributed by atoms with Crippen molar-refractivity contribution in [2.75, 3.05) is 17.6 Å². The number of hydrogen-bond acceptors (Lipinski definition) is 8. The van der Waals surface area contributed by atoms with Crippen LogP contribution in [0.25, 0.3) is 22.5 Å². The number of H-pyrrole nitrogens is 1. The van der Waals surface area contributed by atoms with E-state index in [1.54, 1.807) is 18.2 Å². The van der Waals surface area contributed by atoms with Crippen LogP contribution in [0.3, 0.4) is 0 Å². The smallest absolute Gasteiger partial charge is 0.228 e. The second-order valence-corrected chi connectivity index (χ2v) is 10.9. The normalized spacial score (nSPS) is 17.6. The third-order valence-corrected chi connectivity index (χ3v) is 8.04. The van der Waals surface area contributed by atoms with Crippen molar-refractivity contribution < 1.29 is 9.59 Å². The average Bonchev–Trinajstić information content (AvgIpc) is 3.52. The highest BCUT2D eigenvalue weighted by Gasteiger charge is 2.30. The van der Waals surface area contributed by atoms with E-state index < -0.39 is 5.92 Å². The van der Waals surface area contributed by atoms with E-state index in [1.807, 2.05) is 43.3 Å². The van der Waals surface area contributed by atoms with Crippen molar-refractivity contribution >= 4 is 23.2 Å². The Hall–Kier alpha value is -4.44. The molecule has 1 atom stereocenters. The Kier molecular flexibility index (Phi) is 8.79. The summed E-state index contributed by atoms with van der Waals surface area (Å²) in [7, 11) is 0. The Balaban J connectivity index is 1.34. The average molecular weight is 553 g/mol. The summed E-state index contributed by atoms with van der Waals surface area (Å²) in [5, 5.41) is 17.0. The number of rotatable bonds is 10. The molecule has 1 amide bonds. The van der Waals surface area contributed by atoms with Crippen molar-refractivity contribution in [2.45, 2.75) is 45.4 Å². The number of aromatic nitrogens is 5. The van der Waals surface area contributed by atoms with Crippen LogP contribution in [-0.2, 0) is 16.0 Å². The van der Waals surface area contributed by atoms with Crippen LogP contribution in [0.2, 0.25) is 0 Å². The largest absolute Gasteiger partial charge is 0.384 e. The first-order valence-electron chi connectivity index (χ1n) is 14.1. The number of anilines is 2. The molecule has 0 spiro atoms. The summed E-state index contributed by atoms with van der Waals surface area (Å²) in [4.78, 5) is 31.5. The maximum absolute atomic E-state index is 13.7. The van der Waals surface area contributed by atoms with E-state index in [1.165, 1.54) is 0 Å². The quantitative estimate of drug-likeness (QED) is 0.225. The highest BCUT2D eigenvalue weighted by Crippen LogP contribution is 2.32. The van der Waals surface area contributed by atoms with Crippen molar-refractivity contribution in [3.05, 3.63) is 71.9 Å². The molecule has 0 saturated heterocycles. The Morgan fingerprint density at radius 3 is 2.49 bits per heavy atom. The zero-order chi connectivity index (χ0) is 28.8. The monoisotopic (exact) mass is 552 g/mol. The minimum absolute atomic E-state index is 0.0165. The molecular weight excluding hydrogens is 516 g/mol. The summed E-state index contributed by atoms with van der Waals surface area (Å²) in [6, 6.07) is 19.0. The first-order valence-corrected chi connectivity index (χ1v) is 14.1. The first-order chi connectivity index (χ1) is 19.9. The van der Waals surface area contributed by atoms with Gasteiger partial charge in [0.1, 0.15) is 11.6 Å². The van der Waals surface area contributed by atoms with Gasteiger partial charge in [-0.2, -0.15) is 5.21 Å². The second kappa shape index (κ2) is 12.8. The number of nitrogens with zero attached hydrogens (tertiary/aromatic N) is 4. The number of ketones is 1. The van der Waals surface area contributed by atoms with Crippen molar-refractivity contribution in [2.24, 2.45) is 23.5 Å². The summed E-state index contributed by atoms with van der Waals surface area (Å²) in [5.41, 5.74) is 16.9. The van der Waals surface area contributed by atoms with Gasteiger partial charge in [-0.1, -0.05) is 24.3 Å². The van der Waals surface area contributed by atoms with E-state index >= 15 is 0 Å². The summed E-state index contributed by atoms with van der Waals surface area (Å²) in [5.74, 6) is 0.873. The predicted octanol–water partition coefficient (Wildman–Crippen LogP) is 4.34. The molecule has 2 aromatic heterocycles. The lowest BCUT2D eigenvalue weighted by molar-refractivity contribution is -0.129. The molecule has 4 aromatic rings. The SMILES string of the molecule is Cc1nc(N)ccc1-c1cccc(C[C@H](CC(=O)C2CCC(CN)CC2)C(=O)Nc2ccc(-c3nn[nH]n3)cc2)c1. The summed E-state index contributed by atoms with van der Waals surface area (Å²) >= 11 is 0. The zero-order valence-corrected chi connectivity index (χ0v) is 23.2. The molecule has 10 nitrogen and oxygen atoms in total. The lowest BCUT2D eigenvalue weighted by Gasteiger charge is -2.27. The van der Waals surface area contributed by atoms with Gasteiger partial charge in [0, 0.05) is 40.8 Å². The Morgan fingerprint density at radius 1 is 1.02 bits per heavy atom. The van der Waals surface area contributed by atoms with Gasteiger partial charge in [-0.15, -0.1) is 10.2 Å². The standard InChI is InChI=1S/C31H36N8O2/c1-19-27(13-14-29(33)34-19)24-4-2-3-21(15-24)16-25(17-28(40)22-7-5-20(18-32)6-8-22)31(41)35-26-11-9-23(10-12-26)30-36-38-39-37-30/h2-4,9-15,20,22,25H,5-8,16-18,32H2,1H3,(H2,33,34)(H,35,41)(H,36,37,38,39)/t20?,22?,25-/m1/s1. The minimum Gasteiger partial charge on any atom is -0.384 e. The maximum atomic E-state index is 13.7. The highest BCUT2D eigenvalue weighted by molar-refractivity contribution is 5.96. The van der Waals surface area contributed by atoms with E-state index in [2.05, 4.69) is 37.0 Å². The third-order valence-electron chi connectivity index (χ3n) is 8.04. The molecule has 1 fully saturated rings. The minimum atomic E-state index is -0.521. The fourth-order valence-electron chi connectivity index (χ4n) is 5.65. The highest BCUT2D eigenvalue weighted by atomic mass is 16.2. The van der Waals surface area contributed by atoms with Gasteiger partial charge in [-0.3, -0.25) is 9.59 Å². The predicted molar refractivity (Wildman–Crippen MR) is 158 cm³/mol. The van der Waals surface area contributed by atoms with E-state index in [4.69, 9.17) is 11.5 Å². The van der Waals surface area contributed by atoms with Gasteiger partial charge in [0.05, 0.1) is 0 Å². The topological polar surface area (TPSA) is 166 Å². The molecule has 0 bridgehead atoms. The molecule has 0 aliphatic heterocycles. The zero-order valence-electron chi connectivity index (χ0n) is 23.2. The van der Waals surface area contributed by atoms with Crippen LogP contribution < -0.4 is 16.8 Å². The number of hydrogen-bond donors (Lipinski definition) is 4. The van der Waals surface area contributed by atoms with Crippen LogP contribution in [0.1, 0.15) is 43.4 Å². The number of nitrogens with one attached hydrogen (secondary N) is 2.